The highest BCUT2D eigenvalue weighted by molar-refractivity contribution is 5.97. The van der Waals surface area contributed by atoms with Crippen LogP contribution in [0.5, 0.6) is 0 Å². The number of hydrogen-bond donors (Lipinski definition) is 1. The van der Waals surface area contributed by atoms with Gasteiger partial charge in [-0.25, -0.2) is 0 Å². The molecule has 1 heterocycles. The van der Waals surface area contributed by atoms with E-state index in [1.807, 2.05) is 35.2 Å². The van der Waals surface area contributed by atoms with Crippen LogP contribution >= 0.6 is 0 Å². The Labute approximate surface area is 138 Å². The SMILES string of the molecule is CC(C)N(/C=C(/C#N)C(=O)N1CCNCC1)Cc1ccccc1. The van der Waals surface area contributed by atoms with Crippen LogP contribution in [0.15, 0.2) is 42.1 Å². The Balaban J connectivity index is 2.14. The normalized spacial score (nSPS) is 15.4. The van der Waals surface area contributed by atoms with Gasteiger partial charge in [0.05, 0.1) is 0 Å². The molecule has 0 aromatic heterocycles. The Morgan fingerprint density at radius 1 is 1.35 bits per heavy atom. The molecule has 1 aliphatic rings. The monoisotopic (exact) mass is 312 g/mol. The van der Waals surface area contributed by atoms with E-state index in [4.69, 9.17) is 0 Å². The van der Waals surface area contributed by atoms with E-state index in [9.17, 15) is 10.1 Å². The molecule has 2 rings (SSSR count). The third kappa shape index (κ3) is 4.83. The summed E-state index contributed by atoms with van der Waals surface area (Å²) in [5.41, 5.74) is 1.36. The Hall–Kier alpha value is -2.32. The first-order chi connectivity index (χ1) is 11.1. The summed E-state index contributed by atoms with van der Waals surface area (Å²) in [4.78, 5) is 16.3. The van der Waals surface area contributed by atoms with Crippen LogP contribution < -0.4 is 5.32 Å². The van der Waals surface area contributed by atoms with Crippen molar-refractivity contribution in [3.05, 3.63) is 47.7 Å². The second kappa shape index (κ2) is 8.35. The van der Waals surface area contributed by atoms with Gasteiger partial charge in [0.15, 0.2) is 0 Å². The molecule has 0 bridgehead atoms. The summed E-state index contributed by atoms with van der Waals surface area (Å²) in [6, 6.07) is 12.3. The lowest BCUT2D eigenvalue weighted by atomic mass is 10.1. The fourth-order valence-corrected chi connectivity index (χ4v) is 2.51. The first-order valence-corrected chi connectivity index (χ1v) is 8.03. The van der Waals surface area contributed by atoms with Crippen molar-refractivity contribution in [3.8, 4) is 6.07 Å². The molecule has 1 saturated heterocycles. The number of carbonyl (C=O) groups excluding carboxylic acids is 1. The average molecular weight is 312 g/mol. The quantitative estimate of drug-likeness (QED) is 0.664. The molecular formula is C18H24N4O. The predicted octanol–water partition coefficient (Wildman–Crippen LogP) is 1.74. The molecule has 23 heavy (non-hydrogen) atoms. The summed E-state index contributed by atoms with van der Waals surface area (Å²) < 4.78 is 0. The number of amides is 1. The van der Waals surface area contributed by atoms with Gasteiger partial charge in [-0.15, -0.1) is 0 Å². The Bertz CT molecular complexity index is 583. The standard InChI is InChI=1S/C18H24N4O/c1-15(2)22(13-16-6-4-3-5-7-16)14-17(12-19)18(23)21-10-8-20-9-11-21/h3-7,14-15,20H,8-11,13H2,1-2H3/b17-14-. The summed E-state index contributed by atoms with van der Waals surface area (Å²) in [5.74, 6) is -0.173. The van der Waals surface area contributed by atoms with Crippen LogP contribution in [0.25, 0.3) is 0 Å². The van der Waals surface area contributed by atoms with E-state index in [1.165, 1.54) is 0 Å². The number of hydrogen-bond acceptors (Lipinski definition) is 4. The summed E-state index contributed by atoms with van der Waals surface area (Å²) in [7, 11) is 0. The molecule has 1 aliphatic heterocycles. The largest absolute Gasteiger partial charge is 0.369 e. The first-order valence-electron chi connectivity index (χ1n) is 8.03. The van der Waals surface area contributed by atoms with Crippen molar-refractivity contribution < 1.29 is 4.79 Å². The van der Waals surface area contributed by atoms with Crippen molar-refractivity contribution in [2.75, 3.05) is 26.2 Å². The summed E-state index contributed by atoms with van der Waals surface area (Å²) in [5, 5.41) is 12.6. The molecule has 0 spiro atoms. The molecule has 0 unspecified atom stereocenters. The lowest BCUT2D eigenvalue weighted by molar-refractivity contribution is -0.127. The average Bonchev–Trinajstić information content (AvgIpc) is 2.59. The number of nitriles is 1. The van der Waals surface area contributed by atoms with E-state index >= 15 is 0 Å². The van der Waals surface area contributed by atoms with Crippen molar-refractivity contribution >= 4 is 5.91 Å². The maximum Gasteiger partial charge on any atom is 0.266 e. The number of nitrogens with zero attached hydrogens (tertiary/aromatic N) is 3. The van der Waals surface area contributed by atoms with Crippen molar-refractivity contribution in [2.24, 2.45) is 0 Å². The van der Waals surface area contributed by atoms with Crippen molar-refractivity contribution in [3.63, 3.8) is 0 Å². The third-order valence-electron chi connectivity index (χ3n) is 3.92. The maximum atomic E-state index is 12.5. The minimum atomic E-state index is -0.173. The molecular weight excluding hydrogens is 288 g/mol. The van der Waals surface area contributed by atoms with Crippen molar-refractivity contribution in [1.29, 1.82) is 5.26 Å². The molecule has 0 radical (unpaired) electrons. The number of rotatable bonds is 5. The van der Waals surface area contributed by atoms with Gasteiger partial charge in [0.1, 0.15) is 11.6 Å². The van der Waals surface area contributed by atoms with E-state index in [0.717, 1.165) is 18.7 Å². The smallest absolute Gasteiger partial charge is 0.266 e. The highest BCUT2D eigenvalue weighted by Gasteiger charge is 2.21. The number of piperazine rings is 1. The van der Waals surface area contributed by atoms with Crippen LogP contribution in [0.1, 0.15) is 19.4 Å². The summed E-state index contributed by atoms with van der Waals surface area (Å²) >= 11 is 0. The molecule has 5 nitrogen and oxygen atoms in total. The van der Waals surface area contributed by atoms with E-state index in [-0.39, 0.29) is 17.5 Å². The molecule has 1 fully saturated rings. The van der Waals surface area contributed by atoms with Gasteiger partial charge in [-0.3, -0.25) is 4.79 Å². The lowest BCUT2D eigenvalue weighted by Gasteiger charge is -2.29. The Morgan fingerprint density at radius 2 is 2.00 bits per heavy atom. The molecule has 122 valence electrons. The zero-order chi connectivity index (χ0) is 16.7. The number of nitrogens with one attached hydrogen (secondary N) is 1. The zero-order valence-electron chi connectivity index (χ0n) is 13.8. The van der Waals surface area contributed by atoms with Gasteiger partial charge in [-0.2, -0.15) is 5.26 Å². The van der Waals surface area contributed by atoms with E-state index in [0.29, 0.717) is 19.6 Å². The molecule has 1 aromatic rings. The fraction of sp³-hybridized carbons (Fsp3) is 0.444. The van der Waals surface area contributed by atoms with Crippen molar-refractivity contribution in [1.82, 2.24) is 15.1 Å². The lowest BCUT2D eigenvalue weighted by Crippen LogP contribution is -2.47. The van der Waals surface area contributed by atoms with Crippen LogP contribution in [0, 0.1) is 11.3 Å². The molecule has 0 saturated carbocycles. The van der Waals surface area contributed by atoms with Crippen molar-refractivity contribution in [2.45, 2.75) is 26.4 Å². The predicted molar refractivity (Wildman–Crippen MR) is 90.3 cm³/mol. The minimum Gasteiger partial charge on any atom is -0.369 e. The fourth-order valence-electron chi connectivity index (χ4n) is 2.51. The summed E-state index contributed by atoms with van der Waals surface area (Å²) in [6.45, 7) is 7.66. The highest BCUT2D eigenvalue weighted by Crippen LogP contribution is 2.12. The third-order valence-corrected chi connectivity index (χ3v) is 3.92. The second-order valence-corrected chi connectivity index (χ2v) is 5.95. The molecule has 0 aliphatic carbocycles. The van der Waals surface area contributed by atoms with Gasteiger partial charge in [0, 0.05) is 45.0 Å². The van der Waals surface area contributed by atoms with Gasteiger partial charge < -0.3 is 15.1 Å². The van der Waals surface area contributed by atoms with Crippen LogP contribution in [-0.2, 0) is 11.3 Å². The van der Waals surface area contributed by atoms with Gasteiger partial charge in [-0.05, 0) is 19.4 Å². The van der Waals surface area contributed by atoms with E-state index in [2.05, 4.69) is 25.2 Å². The second-order valence-electron chi connectivity index (χ2n) is 5.95. The molecule has 5 heteroatoms. The maximum absolute atomic E-state index is 12.5. The van der Waals surface area contributed by atoms with Crippen LogP contribution in [0.4, 0.5) is 0 Å². The minimum absolute atomic E-state index is 0.173. The topological polar surface area (TPSA) is 59.4 Å². The van der Waals surface area contributed by atoms with Crippen LogP contribution in [0.2, 0.25) is 0 Å². The highest BCUT2D eigenvalue weighted by atomic mass is 16.2. The number of benzene rings is 1. The first kappa shape index (κ1) is 17.0. The van der Waals surface area contributed by atoms with Crippen LogP contribution in [-0.4, -0.2) is 47.9 Å². The van der Waals surface area contributed by atoms with Gasteiger partial charge in [-0.1, -0.05) is 30.3 Å². The van der Waals surface area contributed by atoms with Gasteiger partial charge in [0.25, 0.3) is 5.91 Å². The molecule has 1 aromatic carbocycles. The zero-order valence-corrected chi connectivity index (χ0v) is 13.8. The van der Waals surface area contributed by atoms with Crippen LogP contribution in [0.3, 0.4) is 0 Å². The Kier molecular flexibility index (Phi) is 6.19. The summed E-state index contributed by atoms with van der Waals surface area (Å²) in [6.07, 6.45) is 1.71. The van der Waals surface area contributed by atoms with Gasteiger partial charge >= 0.3 is 0 Å². The molecule has 0 atom stereocenters. The Morgan fingerprint density at radius 3 is 2.57 bits per heavy atom. The molecule has 1 N–H and O–H groups in total. The van der Waals surface area contributed by atoms with E-state index in [1.54, 1.807) is 11.1 Å². The van der Waals surface area contributed by atoms with E-state index < -0.39 is 0 Å². The number of carbonyl (C=O) groups is 1. The van der Waals surface area contributed by atoms with Gasteiger partial charge in [0.2, 0.25) is 0 Å². The molecule has 1 amide bonds.